The zero-order valence-corrected chi connectivity index (χ0v) is 19.5. The average molecular weight is 462 g/mol. The predicted molar refractivity (Wildman–Crippen MR) is 132 cm³/mol. The highest BCUT2D eigenvalue weighted by molar-refractivity contribution is 7.91. The number of fused-ring (bicyclic) bond motifs is 1. The van der Waals surface area contributed by atoms with Gasteiger partial charge >= 0.3 is 6.03 Å². The monoisotopic (exact) mass is 461 g/mol. The molecule has 0 saturated carbocycles. The van der Waals surface area contributed by atoms with Gasteiger partial charge in [0.15, 0.2) is 9.84 Å². The van der Waals surface area contributed by atoms with E-state index >= 15 is 0 Å². The van der Waals surface area contributed by atoms with Gasteiger partial charge in [-0.25, -0.2) is 13.2 Å². The number of hydrogen-bond acceptors (Lipinski definition) is 3. The first-order valence-corrected chi connectivity index (χ1v) is 12.5. The summed E-state index contributed by atoms with van der Waals surface area (Å²) >= 11 is 0. The van der Waals surface area contributed by atoms with Crippen LogP contribution in [0.25, 0.3) is 10.9 Å². The number of carbonyl (C=O) groups is 1. The van der Waals surface area contributed by atoms with Gasteiger partial charge in [0.25, 0.3) is 0 Å². The van der Waals surface area contributed by atoms with Crippen molar-refractivity contribution in [3.63, 3.8) is 0 Å². The summed E-state index contributed by atoms with van der Waals surface area (Å²) in [5.74, 6) is -0.186. The van der Waals surface area contributed by atoms with E-state index in [1.807, 2.05) is 85.1 Å². The highest BCUT2D eigenvalue weighted by Crippen LogP contribution is 2.31. The summed E-state index contributed by atoms with van der Waals surface area (Å²) in [4.78, 5) is 12.5. The van der Waals surface area contributed by atoms with Crippen molar-refractivity contribution in [3.8, 4) is 0 Å². The third kappa shape index (κ3) is 5.09. The van der Waals surface area contributed by atoms with Crippen LogP contribution >= 0.6 is 0 Å². The van der Waals surface area contributed by atoms with Crippen molar-refractivity contribution in [2.24, 2.45) is 0 Å². The van der Waals surface area contributed by atoms with Crippen LogP contribution in [0.5, 0.6) is 0 Å². The predicted octanol–water partition coefficient (Wildman–Crippen LogP) is 4.90. The van der Waals surface area contributed by atoms with Gasteiger partial charge in [0.2, 0.25) is 0 Å². The zero-order chi connectivity index (χ0) is 23.4. The van der Waals surface area contributed by atoms with Gasteiger partial charge < -0.3 is 15.2 Å². The SMILES string of the molecule is Cc1ccc(NC(=O)NCCS(=O)(=O)c2c(C)n(Cc3ccccc3)c3ccccc23)cc1. The van der Waals surface area contributed by atoms with E-state index in [1.165, 1.54) is 0 Å². The number of sulfone groups is 1. The maximum atomic E-state index is 13.3. The van der Waals surface area contributed by atoms with Crippen molar-refractivity contribution in [3.05, 3.63) is 95.7 Å². The third-order valence-corrected chi connectivity index (χ3v) is 7.51. The molecular formula is C26H27N3O3S. The van der Waals surface area contributed by atoms with Gasteiger partial charge in [-0.3, -0.25) is 0 Å². The van der Waals surface area contributed by atoms with Crippen LogP contribution in [0.15, 0.2) is 83.8 Å². The molecule has 0 atom stereocenters. The molecule has 0 fully saturated rings. The highest BCUT2D eigenvalue weighted by atomic mass is 32.2. The molecule has 6 nitrogen and oxygen atoms in total. The van der Waals surface area contributed by atoms with Crippen molar-refractivity contribution in [1.82, 2.24) is 9.88 Å². The highest BCUT2D eigenvalue weighted by Gasteiger charge is 2.25. The summed E-state index contributed by atoms with van der Waals surface area (Å²) < 4.78 is 28.7. The van der Waals surface area contributed by atoms with Crippen LogP contribution in [0.3, 0.4) is 0 Å². The van der Waals surface area contributed by atoms with E-state index in [-0.39, 0.29) is 12.3 Å². The minimum absolute atomic E-state index is 0.0116. The van der Waals surface area contributed by atoms with E-state index in [9.17, 15) is 13.2 Å². The fourth-order valence-electron chi connectivity index (χ4n) is 3.97. The number of aromatic nitrogens is 1. The lowest BCUT2D eigenvalue weighted by Crippen LogP contribution is -2.32. The summed E-state index contributed by atoms with van der Waals surface area (Å²) in [6.45, 7) is 4.40. The minimum atomic E-state index is -3.63. The number of benzene rings is 3. The Labute approximate surface area is 194 Å². The van der Waals surface area contributed by atoms with Crippen LogP contribution in [0.1, 0.15) is 16.8 Å². The third-order valence-electron chi connectivity index (χ3n) is 5.63. The number of amides is 2. The molecule has 2 N–H and O–H groups in total. The van der Waals surface area contributed by atoms with E-state index in [4.69, 9.17) is 0 Å². The molecule has 2 amide bonds. The molecule has 0 spiro atoms. The van der Waals surface area contributed by atoms with E-state index in [0.29, 0.717) is 28.2 Å². The number of para-hydroxylation sites is 1. The van der Waals surface area contributed by atoms with Crippen molar-refractivity contribution < 1.29 is 13.2 Å². The molecular weight excluding hydrogens is 434 g/mol. The fourth-order valence-corrected chi connectivity index (χ4v) is 5.62. The number of anilines is 1. The Morgan fingerprint density at radius 2 is 1.55 bits per heavy atom. The number of carbonyl (C=O) groups excluding carboxylic acids is 1. The number of aryl methyl sites for hydroxylation is 1. The minimum Gasteiger partial charge on any atom is -0.339 e. The van der Waals surface area contributed by atoms with Crippen molar-refractivity contribution >= 4 is 32.5 Å². The molecule has 4 aromatic rings. The van der Waals surface area contributed by atoms with Crippen molar-refractivity contribution in [2.45, 2.75) is 25.3 Å². The first-order valence-electron chi connectivity index (χ1n) is 10.8. The lowest BCUT2D eigenvalue weighted by molar-refractivity contribution is 0.252. The molecule has 0 radical (unpaired) electrons. The van der Waals surface area contributed by atoms with Crippen molar-refractivity contribution in [2.75, 3.05) is 17.6 Å². The Kier molecular flexibility index (Phi) is 6.51. The number of hydrogen-bond donors (Lipinski definition) is 2. The molecule has 4 rings (SSSR count). The molecule has 33 heavy (non-hydrogen) atoms. The quantitative estimate of drug-likeness (QED) is 0.411. The molecule has 0 unspecified atom stereocenters. The van der Waals surface area contributed by atoms with Gasteiger partial charge in [-0.05, 0) is 37.6 Å². The average Bonchev–Trinajstić information content (AvgIpc) is 3.08. The fraction of sp³-hybridized carbons (Fsp3) is 0.192. The second-order valence-corrected chi connectivity index (χ2v) is 10.1. The molecule has 3 aromatic carbocycles. The first-order chi connectivity index (χ1) is 15.8. The van der Waals surface area contributed by atoms with E-state index < -0.39 is 15.9 Å². The smallest absolute Gasteiger partial charge is 0.319 e. The summed E-state index contributed by atoms with van der Waals surface area (Å²) in [6, 6.07) is 24.5. The van der Waals surface area contributed by atoms with Crippen LogP contribution in [-0.4, -0.2) is 31.3 Å². The van der Waals surface area contributed by atoms with E-state index in [2.05, 4.69) is 10.6 Å². The molecule has 0 aliphatic heterocycles. The normalized spacial score (nSPS) is 11.5. The second kappa shape index (κ2) is 9.50. The van der Waals surface area contributed by atoms with Gasteiger partial charge in [-0.2, -0.15) is 0 Å². The molecule has 0 bridgehead atoms. The summed E-state index contributed by atoms with van der Waals surface area (Å²) in [7, 11) is -3.63. The standard InChI is InChI=1S/C26H27N3O3S/c1-19-12-14-22(15-13-19)28-26(30)27-16-17-33(31,32)25-20(2)29(18-21-8-4-3-5-9-21)24-11-7-6-10-23(24)25/h3-15H,16-18H2,1-2H3,(H2,27,28,30). The Balaban J connectivity index is 1.52. The van der Waals surface area contributed by atoms with Crippen LogP contribution in [0, 0.1) is 13.8 Å². The second-order valence-electron chi connectivity index (χ2n) is 8.07. The Morgan fingerprint density at radius 3 is 2.27 bits per heavy atom. The maximum absolute atomic E-state index is 13.3. The van der Waals surface area contributed by atoms with Crippen LogP contribution in [0.4, 0.5) is 10.5 Å². The van der Waals surface area contributed by atoms with Crippen LogP contribution in [0.2, 0.25) is 0 Å². The maximum Gasteiger partial charge on any atom is 0.319 e. The largest absolute Gasteiger partial charge is 0.339 e. The van der Waals surface area contributed by atoms with Crippen LogP contribution < -0.4 is 10.6 Å². The number of nitrogens with one attached hydrogen (secondary N) is 2. The van der Waals surface area contributed by atoms with Gasteiger partial charge in [-0.1, -0.05) is 66.2 Å². The Hall–Kier alpha value is -3.58. The van der Waals surface area contributed by atoms with E-state index in [1.54, 1.807) is 12.1 Å². The van der Waals surface area contributed by atoms with Crippen molar-refractivity contribution in [1.29, 1.82) is 0 Å². The summed E-state index contributed by atoms with van der Waals surface area (Å²) in [5.41, 5.74) is 4.42. The molecule has 0 saturated heterocycles. The molecule has 1 aromatic heterocycles. The molecule has 7 heteroatoms. The number of rotatable bonds is 7. The van der Waals surface area contributed by atoms with Gasteiger partial charge in [0.05, 0.1) is 10.6 Å². The van der Waals surface area contributed by atoms with Gasteiger partial charge in [0.1, 0.15) is 0 Å². The summed E-state index contributed by atoms with van der Waals surface area (Å²) in [5, 5.41) is 6.07. The van der Waals surface area contributed by atoms with Gasteiger partial charge in [-0.15, -0.1) is 0 Å². The van der Waals surface area contributed by atoms with Gasteiger partial charge in [0, 0.05) is 35.4 Å². The number of urea groups is 1. The molecule has 1 heterocycles. The molecule has 170 valence electrons. The molecule has 0 aliphatic rings. The lowest BCUT2D eigenvalue weighted by atomic mass is 10.2. The topological polar surface area (TPSA) is 80.2 Å². The summed E-state index contributed by atoms with van der Waals surface area (Å²) in [6.07, 6.45) is 0. The Bertz CT molecular complexity index is 1380. The Morgan fingerprint density at radius 1 is 0.879 bits per heavy atom. The zero-order valence-electron chi connectivity index (χ0n) is 18.7. The lowest BCUT2D eigenvalue weighted by Gasteiger charge is -2.10. The number of nitrogens with zero attached hydrogens (tertiary/aromatic N) is 1. The molecule has 0 aliphatic carbocycles. The first kappa shape index (κ1) is 22.6. The van der Waals surface area contributed by atoms with E-state index in [0.717, 1.165) is 16.6 Å². The van der Waals surface area contributed by atoms with Crippen LogP contribution in [-0.2, 0) is 16.4 Å².